The van der Waals surface area contributed by atoms with Crippen molar-refractivity contribution in [1.82, 2.24) is 0 Å². The van der Waals surface area contributed by atoms with Crippen molar-refractivity contribution in [2.45, 2.75) is 20.3 Å². The number of hydrogen-bond donors (Lipinski definition) is 2. The van der Waals surface area contributed by atoms with Gasteiger partial charge in [0.05, 0.1) is 11.8 Å². The normalized spacial score (nSPS) is 29.6. The number of allylic oxidation sites excluding steroid dienone is 2. The molecule has 4 heteroatoms. The summed E-state index contributed by atoms with van der Waals surface area (Å²) in [5.41, 5.74) is 2.91. The van der Waals surface area contributed by atoms with E-state index in [4.69, 9.17) is 0 Å². The van der Waals surface area contributed by atoms with Gasteiger partial charge in [-0.1, -0.05) is 24.3 Å². The molecule has 2 bridgehead atoms. The molecule has 1 saturated carbocycles. The number of carbonyl (C=O) groups excluding carboxylic acids is 1. The number of carboxylic acid groups (broad SMARTS) is 1. The van der Waals surface area contributed by atoms with Crippen molar-refractivity contribution >= 4 is 17.6 Å². The predicted octanol–water partition coefficient (Wildman–Crippen LogP) is 2.76. The molecule has 3 rings (SSSR count). The summed E-state index contributed by atoms with van der Waals surface area (Å²) >= 11 is 0. The number of fused-ring (bicyclic) bond motifs is 2. The van der Waals surface area contributed by atoms with Gasteiger partial charge in [-0.15, -0.1) is 0 Å². The number of aryl methyl sites for hydroxylation is 1. The van der Waals surface area contributed by atoms with E-state index in [0.29, 0.717) is 0 Å². The van der Waals surface area contributed by atoms with E-state index in [1.165, 1.54) is 0 Å². The molecule has 0 radical (unpaired) electrons. The van der Waals surface area contributed by atoms with Gasteiger partial charge in [0.2, 0.25) is 5.91 Å². The van der Waals surface area contributed by atoms with E-state index in [-0.39, 0.29) is 17.7 Å². The van der Waals surface area contributed by atoms with Gasteiger partial charge in [-0.05, 0) is 49.3 Å². The van der Waals surface area contributed by atoms with Gasteiger partial charge in [-0.3, -0.25) is 9.59 Å². The molecule has 1 fully saturated rings. The minimum atomic E-state index is -0.868. The van der Waals surface area contributed by atoms with Gasteiger partial charge >= 0.3 is 5.97 Å². The largest absolute Gasteiger partial charge is 0.481 e. The first kappa shape index (κ1) is 13.9. The van der Waals surface area contributed by atoms with Gasteiger partial charge in [0.25, 0.3) is 0 Å². The van der Waals surface area contributed by atoms with Crippen LogP contribution >= 0.6 is 0 Å². The Bertz CT molecular complexity index is 635. The molecule has 0 aromatic heterocycles. The highest BCUT2D eigenvalue weighted by molar-refractivity contribution is 5.97. The van der Waals surface area contributed by atoms with Crippen molar-refractivity contribution in [2.24, 2.45) is 23.7 Å². The van der Waals surface area contributed by atoms with Crippen molar-refractivity contribution in [2.75, 3.05) is 5.32 Å². The van der Waals surface area contributed by atoms with Gasteiger partial charge in [0.1, 0.15) is 0 Å². The number of nitrogens with one attached hydrogen (secondary N) is 1. The van der Waals surface area contributed by atoms with Crippen LogP contribution < -0.4 is 5.32 Å². The fraction of sp³-hybridized carbons (Fsp3) is 0.412. The number of benzene rings is 1. The third kappa shape index (κ3) is 2.24. The summed E-state index contributed by atoms with van der Waals surface area (Å²) in [6.45, 7) is 3.95. The lowest BCUT2D eigenvalue weighted by molar-refractivity contribution is -0.146. The molecule has 110 valence electrons. The van der Waals surface area contributed by atoms with Crippen molar-refractivity contribution in [3.05, 3.63) is 41.5 Å². The Morgan fingerprint density at radius 1 is 1.14 bits per heavy atom. The lowest BCUT2D eigenvalue weighted by Crippen LogP contribution is -2.36. The minimum absolute atomic E-state index is 0.00172. The second-order valence-electron chi connectivity index (χ2n) is 6.07. The van der Waals surface area contributed by atoms with Crippen LogP contribution in [-0.2, 0) is 9.59 Å². The Balaban J connectivity index is 1.84. The van der Waals surface area contributed by atoms with E-state index in [1.54, 1.807) is 0 Å². The standard InChI is InChI=1S/C17H19NO3/c1-9-4-3-5-13(10(9)2)18-16(19)14-11-6-7-12(8-11)15(14)17(20)21/h3-7,11-12,14-15H,8H2,1-2H3,(H,18,19)(H,20,21)/t11?,12?,14-,15+/m0/s1. The zero-order valence-corrected chi connectivity index (χ0v) is 12.2. The molecule has 0 saturated heterocycles. The van der Waals surface area contributed by atoms with Gasteiger partial charge in [-0.25, -0.2) is 0 Å². The fourth-order valence-corrected chi connectivity index (χ4v) is 3.62. The molecule has 2 N–H and O–H groups in total. The lowest BCUT2D eigenvalue weighted by Gasteiger charge is -2.24. The van der Waals surface area contributed by atoms with Crippen LogP contribution in [0.3, 0.4) is 0 Å². The number of amides is 1. The summed E-state index contributed by atoms with van der Waals surface area (Å²) in [6, 6.07) is 5.75. The molecule has 1 aromatic rings. The first-order valence-corrected chi connectivity index (χ1v) is 7.27. The minimum Gasteiger partial charge on any atom is -0.481 e. The van der Waals surface area contributed by atoms with E-state index >= 15 is 0 Å². The van der Waals surface area contributed by atoms with Crippen LogP contribution in [-0.4, -0.2) is 17.0 Å². The number of carboxylic acids is 1. The average Bonchev–Trinajstić information content (AvgIpc) is 3.04. The zero-order valence-electron chi connectivity index (χ0n) is 12.2. The highest BCUT2D eigenvalue weighted by Gasteiger charge is 2.51. The summed E-state index contributed by atoms with van der Waals surface area (Å²) in [4.78, 5) is 24.0. The van der Waals surface area contributed by atoms with Crippen molar-refractivity contribution in [3.63, 3.8) is 0 Å². The Kier molecular flexibility index (Phi) is 3.32. The molecule has 2 aliphatic rings. The maximum absolute atomic E-state index is 12.6. The molecule has 4 atom stereocenters. The first-order valence-electron chi connectivity index (χ1n) is 7.27. The number of rotatable bonds is 3. The maximum atomic E-state index is 12.6. The van der Waals surface area contributed by atoms with Crippen LogP contribution in [0.25, 0.3) is 0 Å². The lowest BCUT2D eigenvalue weighted by atomic mass is 9.82. The van der Waals surface area contributed by atoms with Crippen LogP contribution in [0.4, 0.5) is 5.69 Å². The van der Waals surface area contributed by atoms with Crippen LogP contribution in [0, 0.1) is 37.5 Å². The molecule has 21 heavy (non-hydrogen) atoms. The molecule has 0 spiro atoms. The number of carbonyl (C=O) groups is 2. The monoisotopic (exact) mass is 285 g/mol. The Morgan fingerprint density at radius 3 is 2.48 bits per heavy atom. The second kappa shape index (κ2) is 5.02. The van der Waals surface area contributed by atoms with Crippen LogP contribution in [0.1, 0.15) is 17.5 Å². The molecule has 2 unspecified atom stereocenters. The van der Waals surface area contributed by atoms with Crippen LogP contribution in [0.15, 0.2) is 30.4 Å². The summed E-state index contributed by atoms with van der Waals surface area (Å²) in [6.07, 6.45) is 4.73. The molecule has 2 aliphatic carbocycles. The highest BCUT2D eigenvalue weighted by Crippen LogP contribution is 2.48. The third-order valence-electron chi connectivity index (χ3n) is 4.91. The van der Waals surface area contributed by atoms with Gasteiger partial charge in [0.15, 0.2) is 0 Å². The van der Waals surface area contributed by atoms with Crippen LogP contribution in [0.5, 0.6) is 0 Å². The summed E-state index contributed by atoms with van der Waals surface area (Å²) in [7, 11) is 0. The Labute approximate surface area is 123 Å². The van der Waals surface area contributed by atoms with Gasteiger partial charge in [0, 0.05) is 5.69 Å². The molecular formula is C17H19NO3. The summed E-state index contributed by atoms with van der Waals surface area (Å²) in [5.74, 6) is -2.04. The molecule has 4 nitrogen and oxygen atoms in total. The number of anilines is 1. The van der Waals surface area contributed by atoms with Crippen molar-refractivity contribution in [1.29, 1.82) is 0 Å². The maximum Gasteiger partial charge on any atom is 0.307 e. The van der Waals surface area contributed by atoms with Gasteiger partial charge in [-0.2, -0.15) is 0 Å². The highest BCUT2D eigenvalue weighted by atomic mass is 16.4. The van der Waals surface area contributed by atoms with E-state index in [1.807, 2.05) is 44.2 Å². The van der Waals surface area contributed by atoms with Crippen LogP contribution in [0.2, 0.25) is 0 Å². The molecule has 0 heterocycles. The topological polar surface area (TPSA) is 66.4 Å². The number of hydrogen-bond acceptors (Lipinski definition) is 2. The smallest absolute Gasteiger partial charge is 0.307 e. The first-order chi connectivity index (χ1) is 9.99. The van der Waals surface area contributed by atoms with E-state index < -0.39 is 17.8 Å². The molecule has 1 aromatic carbocycles. The molecular weight excluding hydrogens is 266 g/mol. The Morgan fingerprint density at radius 2 is 1.81 bits per heavy atom. The summed E-state index contributed by atoms with van der Waals surface area (Å²) in [5, 5.41) is 12.3. The third-order valence-corrected chi connectivity index (χ3v) is 4.91. The Hall–Kier alpha value is -2.10. The van der Waals surface area contributed by atoms with Gasteiger partial charge < -0.3 is 10.4 Å². The molecule has 0 aliphatic heterocycles. The van der Waals surface area contributed by atoms with E-state index in [2.05, 4.69) is 5.32 Å². The molecule has 1 amide bonds. The average molecular weight is 285 g/mol. The van der Waals surface area contributed by atoms with Crippen molar-refractivity contribution in [3.8, 4) is 0 Å². The fourth-order valence-electron chi connectivity index (χ4n) is 3.62. The second-order valence-corrected chi connectivity index (χ2v) is 6.07. The predicted molar refractivity (Wildman–Crippen MR) is 79.9 cm³/mol. The zero-order chi connectivity index (χ0) is 15.1. The SMILES string of the molecule is Cc1cccc(NC(=O)[C@H]2C3C=CC(C3)[C@H]2C(=O)O)c1C. The quantitative estimate of drug-likeness (QED) is 0.839. The summed E-state index contributed by atoms with van der Waals surface area (Å²) < 4.78 is 0. The number of aliphatic carboxylic acids is 1. The van der Waals surface area contributed by atoms with E-state index in [9.17, 15) is 14.7 Å². The van der Waals surface area contributed by atoms with Crippen molar-refractivity contribution < 1.29 is 14.7 Å². The van der Waals surface area contributed by atoms with E-state index in [0.717, 1.165) is 23.2 Å².